The van der Waals surface area contributed by atoms with Gasteiger partial charge < -0.3 is 14.2 Å². The first-order valence-corrected chi connectivity index (χ1v) is 10.5. The number of rotatable bonds is 5. The molecule has 1 aliphatic heterocycles. The third kappa shape index (κ3) is 4.70. The molecule has 0 bridgehead atoms. The minimum atomic E-state index is -0.233. The SMILES string of the molecule is Cc1cc(N2CCOCC2)ccc1/C=N\NC(=O)c1cccc(-n2c(C)ccc2C)c1. The third-order valence-corrected chi connectivity index (χ3v) is 5.64. The fourth-order valence-corrected chi connectivity index (χ4v) is 3.91. The molecule has 0 unspecified atom stereocenters. The van der Waals surface area contributed by atoms with E-state index in [1.165, 1.54) is 5.69 Å². The fraction of sp³-hybridized carbons (Fsp3) is 0.280. The van der Waals surface area contributed by atoms with Crippen LogP contribution in [0.15, 0.2) is 59.7 Å². The summed E-state index contributed by atoms with van der Waals surface area (Å²) in [5.41, 5.74) is 9.72. The Balaban J connectivity index is 1.43. The van der Waals surface area contributed by atoms with Gasteiger partial charge in [0.1, 0.15) is 0 Å². The number of nitrogens with one attached hydrogen (secondary N) is 1. The van der Waals surface area contributed by atoms with Gasteiger partial charge in [-0.1, -0.05) is 12.1 Å². The molecule has 2 aromatic carbocycles. The Kier molecular flexibility index (Phi) is 6.18. The van der Waals surface area contributed by atoms with E-state index in [-0.39, 0.29) is 5.91 Å². The summed E-state index contributed by atoms with van der Waals surface area (Å²) < 4.78 is 7.55. The van der Waals surface area contributed by atoms with E-state index in [2.05, 4.69) is 65.0 Å². The van der Waals surface area contributed by atoms with Crippen LogP contribution in [0.2, 0.25) is 0 Å². The molecule has 1 N–H and O–H groups in total. The number of morpholine rings is 1. The van der Waals surface area contributed by atoms with Gasteiger partial charge >= 0.3 is 0 Å². The molecule has 0 aliphatic carbocycles. The molecule has 6 nitrogen and oxygen atoms in total. The predicted molar refractivity (Wildman–Crippen MR) is 125 cm³/mol. The molecule has 160 valence electrons. The minimum absolute atomic E-state index is 0.233. The van der Waals surface area contributed by atoms with Gasteiger partial charge in [0, 0.05) is 41.4 Å². The summed E-state index contributed by atoms with van der Waals surface area (Å²) in [4.78, 5) is 14.9. The van der Waals surface area contributed by atoms with Crippen LogP contribution in [0.25, 0.3) is 5.69 Å². The van der Waals surface area contributed by atoms with Gasteiger partial charge in [0.15, 0.2) is 0 Å². The van der Waals surface area contributed by atoms with E-state index in [4.69, 9.17) is 4.74 Å². The van der Waals surface area contributed by atoms with Crippen LogP contribution in [-0.2, 0) is 4.74 Å². The fourth-order valence-electron chi connectivity index (χ4n) is 3.91. The number of carbonyl (C=O) groups excluding carboxylic acids is 1. The second kappa shape index (κ2) is 9.18. The molecule has 2 heterocycles. The number of hydrogen-bond acceptors (Lipinski definition) is 4. The molecule has 4 rings (SSSR count). The quantitative estimate of drug-likeness (QED) is 0.505. The maximum atomic E-state index is 12.6. The van der Waals surface area contributed by atoms with E-state index in [0.29, 0.717) is 5.56 Å². The van der Waals surface area contributed by atoms with Crippen LogP contribution in [0.3, 0.4) is 0 Å². The number of nitrogens with zero attached hydrogens (tertiary/aromatic N) is 3. The van der Waals surface area contributed by atoms with Gasteiger partial charge in [-0.2, -0.15) is 5.10 Å². The van der Waals surface area contributed by atoms with Crippen molar-refractivity contribution in [2.75, 3.05) is 31.2 Å². The topological polar surface area (TPSA) is 58.9 Å². The van der Waals surface area contributed by atoms with Crippen molar-refractivity contribution in [2.24, 2.45) is 5.10 Å². The molecule has 6 heteroatoms. The maximum absolute atomic E-state index is 12.6. The van der Waals surface area contributed by atoms with Crippen LogP contribution < -0.4 is 10.3 Å². The molecule has 1 amide bonds. The molecular formula is C25H28N4O2. The van der Waals surface area contributed by atoms with E-state index >= 15 is 0 Å². The lowest BCUT2D eigenvalue weighted by Crippen LogP contribution is -2.36. The Morgan fingerprint density at radius 3 is 2.42 bits per heavy atom. The maximum Gasteiger partial charge on any atom is 0.271 e. The minimum Gasteiger partial charge on any atom is -0.378 e. The third-order valence-electron chi connectivity index (χ3n) is 5.64. The number of carbonyl (C=O) groups is 1. The number of amides is 1. The lowest BCUT2D eigenvalue weighted by molar-refractivity contribution is 0.0955. The summed E-state index contributed by atoms with van der Waals surface area (Å²) in [6.45, 7) is 9.50. The Labute approximate surface area is 183 Å². The molecule has 3 aromatic rings. The van der Waals surface area contributed by atoms with E-state index in [0.717, 1.165) is 54.5 Å². The smallest absolute Gasteiger partial charge is 0.271 e. The van der Waals surface area contributed by atoms with E-state index < -0.39 is 0 Å². The highest BCUT2D eigenvalue weighted by Gasteiger charge is 2.12. The molecule has 1 saturated heterocycles. The zero-order valence-corrected chi connectivity index (χ0v) is 18.3. The molecule has 0 saturated carbocycles. The van der Waals surface area contributed by atoms with Crippen molar-refractivity contribution >= 4 is 17.8 Å². The number of hydrazone groups is 1. The van der Waals surface area contributed by atoms with E-state index in [1.54, 1.807) is 12.3 Å². The van der Waals surface area contributed by atoms with Crippen LogP contribution in [0.4, 0.5) is 5.69 Å². The summed E-state index contributed by atoms with van der Waals surface area (Å²) in [6, 6.07) is 18.0. The number of hydrogen-bond donors (Lipinski definition) is 1. The van der Waals surface area contributed by atoms with Gasteiger partial charge in [-0.15, -0.1) is 0 Å². The van der Waals surface area contributed by atoms with Crippen LogP contribution >= 0.6 is 0 Å². The second-order valence-corrected chi connectivity index (χ2v) is 7.84. The van der Waals surface area contributed by atoms with Crippen molar-refractivity contribution in [3.63, 3.8) is 0 Å². The van der Waals surface area contributed by atoms with Crippen molar-refractivity contribution in [2.45, 2.75) is 20.8 Å². The highest BCUT2D eigenvalue weighted by molar-refractivity contribution is 5.95. The van der Waals surface area contributed by atoms with Crippen LogP contribution in [-0.4, -0.2) is 43.0 Å². The molecule has 1 fully saturated rings. The number of benzene rings is 2. The first-order chi connectivity index (χ1) is 15.0. The lowest BCUT2D eigenvalue weighted by atomic mass is 10.1. The van der Waals surface area contributed by atoms with E-state index in [9.17, 15) is 4.79 Å². The monoisotopic (exact) mass is 416 g/mol. The van der Waals surface area contributed by atoms with Gasteiger partial charge in [0.2, 0.25) is 0 Å². The largest absolute Gasteiger partial charge is 0.378 e. The summed E-state index contributed by atoms with van der Waals surface area (Å²) >= 11 is 0. The molecule has 0 atom stereocenters. The normalized spacial score (nSPS) is 14.2. The predicted octanol–water partition coefficient (Wildman–Crippen LogP) is 4.00. The van der Waals surface area contributed by atoms with Gasteiger partial charge in [-0.3, -0.25) is 4.79 Å². The molecule has 0 radical (unpaired) electrons. The molecular weight excluding hydrogens is 388 g/mol. The summed E-state index contributed by atoms with van der Waals surface area (Å²) in [5.74, 6) is -0.233. The average Bonchev–Trinajstić information content (AvgIpc) is 3.13. The Morgan fingerprint density at radius 1 is 0.968 bits per heavy atom. The Bertz CT molecular complexity index is 1090. The van der Waals surface area contributed by atoms with E-state index in [1.807, 2.05) is 24.3 Å². The number of aromatic nitrogens is 1. The van der Waals surface area contributed by atoms with Crippen LogP contribution in [0.1, 0.15) is 32.9 Å². The first-order valence-electron chi connectivity index (χ1n) is 10.5. The van der Waals surface area contributed by atoms with Crippen molar-refractivity contribution in [3.8, 4) is 5.69 Å². The van der Waals surface area contributed by atoms with Crippen LogP contribution in [0, 0.1) is 20.8 Å². The zero-order valence-electron chi connectivity index (χ0n) is 18.3. The van der Waals surface area contributed by atoms with Crippen molar-refractivity contribution in [1.82, 2.24) is 9.99 Å². The zero-order chi connectivity index (χ0) is 21.8. The summed E-state index contributed by atoms with van der Waals surface area (Å²) in [6.07, 6.45) is 1.69. The van der Waals surface area contributed by atoms with Crippen molar-refractivity contribution in [3.05, 3.63) is 82.7 Å². The molecule has 31 heavy (non-hydrogen) atoms. The number of aryl methyl sites for hydroxylation is 3. The first kappa shape index (κ1) is 20.9. The van der Waals surface area contributed by atoms with Crippen molar-refractivity contribution in [1.29, 1.82) is 0 Å². The molecule has 1 aliphatic rings. The molecule has 1 aromatic heterocycles. The number of anilines is 1. The lowest BCUT2D eigenvalue weighted by Gasteiger charge is -2.29. The Morgan fingerprint density at radius 2 is 1.71 bits per heavy atom. The standard InChI is InChI=1S/C25H28N4O2/c1-18-15-23(28-11-13-31-14-12-28)10-9-22(18)17-26-27-25(30)21-5-4-6-24(16-21)29-19(2)7-8-20(29)3/h4-10,15-17H,11-14H2,1-3H3,(H,27,30)/b26-17-. The Hall–Kier alpha value is -3.38. The van der Waals surface area contributed by atoms with Crippen LogP contribution in [0.5, 0.6) is 0 Å². The molecule has 0 spiro atoms. The van der Waals surface area contributed by atoms with Gasteiger partial charge in [-0.05, 0) is 74.4 Å². The van der Waals surface area contributed by atoms with Gasteiger partial charge in [-0.25, -0.2) is 5.43 Å². The highest BCUT2D eigenvalue weighted by Crippen LogP contribution is 2.20. The van der Waals surface area contributed by atoms with Crippen molar-refractivity contribution < 1.29 is 9.53 Å². The summed E-state index contributed by atoms with van der Waals surface area (Å²) in [7, 11) is 0. The average molecular weight is 417 g/mol. The highest BCUT2D eigenvalue weighted by atomic mass is 16.5. The van der Waals surface area contributed by atoms with Gasteiger partial charge in [0.25, 0.3) is 5.91 Å². The van der Waals surface area contributed by atoms with Gasteiger partial charge in [0.05, 0.1) is 19.4 Å². The number of ether oxygens (including phenoxy) is 1. The summed E-state index contributed by atoms with van der Waals surface area (Å²) in [5, 5.41) is 4.18. The second-order valence-electron chi connectivity index (χ2n) is 7.84.